The van der Waals surface area contributed by atoms with E-state index in [1.165, 1.54) is 11.3 Å². The fraction of sp³-hybridized carbons (Fsp3) is 0.438. The number of nitrogens with zero attached hydrogens (tertiary/aromatic N) is 4. The number of fused-ring (bicyclic) bond motifs is 2. The van der Waals surface area contributed by atoms with E-state index in [9.17, 15) is 27.9 Å². The molecule has 0 bridgehead atoms. The number of carbonyl (C=O) groups is 1. The SMILES string of the molecule is Cc1cc(-c2cc(Cl)ccc2OCCn2c(C)nc3c(c2=O)C[C@H](N2CCC[C@H](C(F)(F)F)C2)CC3)c2scc(C(=O)O)c2n1. The third-order valence-electron chi connectivity index (χ3n) is 8.81. The van der Waals surface area contributed by atoms with E-state index >= 15 is 0 Å². The molecule has 1 aromatic carbocycles. The van der Waals surface area contributed by atoms with Crippen molar-refractivity contribution in [3.05, 3.63) is 73.4 Å². The summed E-state index contributed by atoms with van der Waals surface area (Å²) in [6.45, 7) is 4.49. The average molecular weight is 661 g/mol. The van der Waals surface area contributed by atoms with E-state index in [0.29, 0.717) is 75.9 Å². The third-order valence-corrected chi connectivity index (χ3v) is 10.0. The molecule has 8 nitrogen and oxygen atoms in total. The van der Waals surface area contributed by atoms with Crippen LogP contribution in [0.1, 0.15) is 52.4 Å². The molecule has 1 saturated heterocycles. The Morgan fingerprint density at radius 2 is 1.98 bits per heavy atom. The molecule has 0 saturated carbocycles. The second kappa shape index (κ2) is 12.4. The number of carboxylic acids is 1. The van der Waals surface area contributed by atoms with Crippen molar-refractivity contribution in [2.45, 2.75) is 64.7 Å². The summed E-state index contributed by atoms with van der Waals surface area (Å²) in [6.07, 6.45) is -1.96. The van der Waals surface area contributed by atoms with Gasteiger partial charge < -0.3 is 9.84 Å². The number of thiophene rings is 1. The first-order valence-electron chi connectivity index (χ1n) is 14.9. The van der Waals surface area contributed by atoms with Crippen molar-refractivity contribution in [1.82, 2.24) is 19.4 Å². The number of aryl methyl sites for hydroxylation is 3. The fourth-order valence-corrected chi connectivity index (χ4v) is 7.75. The molecule has 4 aromatic rings. The van der Waals surface area contributed by atoms with Crippen molar-refractivity contribution in [3.8, 4) is 16.9 Å². The second-order valence-electron chi connectivity index (χ2n) is 11.7. The van der Waals surface area contributed by atoms with Crippen molar-refractivity contribution in [2.24, 2.45) is 5.92 Å². The van der Waals surface area contributed by atoms with Crippen LogP contribution < -0.4 is 10.3 Å². The normalized spacial score (nSPS) is 19.1. The first-order valence-corrected chi connectivity index (χ1v) is 16.1. The second-order valence-corrected chi connectivity index (χ2v) is 13.1. The summed E-state index contributed by atoms with van der Waals surface area (Å²) in [7, 11) is 0. The zero-order valence-electron chi connectivity index (χ0n) is 24.8. The van der Waals surface area contributed by atoms with E-state index in [1.54, 1.807) is 42.0 Å². The van der Waals surface area contributed by atoms with E-state index in [0.717, 1.165) is 11.3 Å². The van der Waals surface area contributed by atoms with E-state index in [2.05, 4.69) is 4.98 Å². The number of benzene rings is 1. The van der Waals surface area contributed by atoms with Crippen LogP contribution in [0.15, 0.2) is 34.4 Å². The molecule has 4 heterocycles. The highest BCUT2D eigenvalue weighted by molar-refractivity contribution is 7.18. The number of aromatic nitrogens is 3. The Bertz CT molecular complexity index is 1840. The molecule has 238 valence electrons. The Morgan fingerprint density at radius 1 is 1.18 bits per heavy atom. The van der Waals surface area contributed by atoms with Gasteiger partial charge in [0, 0.05) is 45.4 Å². The molecule has 0 radical (unpaired) electrons. The minimum Gasteiger partial charge on any atom is -0.491 e. The molecule has 1 N–H and O–H groups in total. The predicted octanol–water partition coefficient (Wildman–Crippen LogP) is 6.70. The summed E-state index contributed by atoms with van der Waals surface area (Å²) in [5.74, 6) is -1.32. The van der Waals surface area contributed by atoms with Gasteiger partial charge in [-0.3, -0.25) is 19.2 Å². The molecule has 0 unspecified atom stereocenters. The van der Waals surface area contributed by atoms with Crippen LogP contribution in [0, 0.1) is 19.8 Å². The smallest absolute Gasteiger partial charge is 0.393 e. The van der Waals surface area contributed by atoms with E-state index in [4.69, 9.17) is 21.3 Å². The fourth-order valence-electron chi connectivity index (χ4n) is 6.56. The number of likely N-dealkylation sites (tertiary alicyclic amines) is 1. The van der Waals surface area contributed by atoms with Crippen LogP contribution in [0.25, 0.3) is 21.3 Å². The predicted molar refractivity (Wildman–Crippen MR) is 167 cm³/mol. The Morgan fingerprint density at radius 3 is 2.73 bits per heavy atom. The molecule has 0 spiro atoms. The maximum Gasteiger partial charge on any atom is 0.393 e. The summed E-state index contributed by atoms with van der Waals surface area (Å²) < 4.78 is 48.8. The molecular weight excluding hydrogens is 629 g/mol. The summed E-state index contributed by atoms with van der Waals surface area (Å²) in [5.41, 5.74) is 3.69. The summed E-state index contributed by atoms with van der Waals surface area (Å²) in [4.78, 5) is 36.5. The third kappa shape index (κ3) is 6.32. The highest BCUT2D eigenvalue weighted by atomic mass is 35.5. The van der Waals surface area contributed by atoms with Gasteiger partial charge in [0.2, 0.25) is 0 Å². The minimum absolute atomic E-state index is 0.0271. The van der Waals surface area contributed by atoms with Crippen LogP contribution in [-0.4, -0.2) is 62.4 Å². The quantitative estimate of drug-likeness (QED) is 0.236. The standard InChI is InChI=1S/C32H32ClF3N4O4S/c1-17-12-23(29-28(37-17)25(16-45-29)31(42)43)22-13-20(33)5-8-27(22)44-11-10-40-18(2)38-26-7-6-21(14-24(26)30(40)41)39-9-3-4-19(15-39)32(34,35)36/h5,8,12-13,16,19,21H,3-4,6-7,9-11,14-15H2,1-2H3,(H,42,43)/t19-,21+/m0/s1. The molecule has 2 aliphatic rings. The lowest BCUT2D eigenvalue weighted by molar-refractivity contribution is -0.188. The van der Waals surface area contributed by atoms with Crippen LogP contribution in [0.3, 0.4) is 0 Å². The van der Waals surface area contributed by atoms with Gasteiger partial charge in [0.15, 0.2) is 0 Å². The van der Waals surface area contributed by atoms with Crippen LogP contribution in [0.5, 0.6) is 5.75 Å². The highest BCUT2D eigenvalue weighted by Crippen LogP contribution is 2.40. The average Bonchev–Trinajstić information content (AvgIpc) is 3.43. The van der Waals surface area contributed by atoms with Gasteiger partial charge in [-0.2, -0.15) is 13.2 Å². The van der Waals surface area contributed by atoms with Gasteiger partial charge >= 0.3 is 12.1 Å². The van der Waals surface area contributed by atoms with Crippen molar-refractivity contribution in [2.75, 3.05) is 19.7 Å². The number of piperidine rings is 1. The number of halogens is 4. The van der Waals surface area contributed by atoms with Crippen LogP contribution >= 0.6 is 22.9 Å². The number of rotatable bonds is 7. The Hall–Kier alpha value is -3.48. The van der Waals surface area contributed by atoms with Gasteiger partial charge in [0.25, 0.3) is 5.56 Å². The first-order chi connectivity index (χ1) is 21.4. The molecular formula is C32H32ClF3N4O4S. The molecule has 2 atom stereocenters. The van der Waals surface area contributed by atoms with Crippen molar-refractivity contribution in [1.29, 1.82) is 0 Å². The number of ether oxygens (including phenoxy) is 1. The lowest BCUT2D eigenvalue weighted by atomic mass is 9.88. The summed E-state index contributed by atoms with van der Waals surface area (Å²) >= 11 is 7.66. The van der Waals surface area contributed by atoms with Gasteiger partial charge in [0.05, 0.1) is 33.9 Å². The topological polar surface area (TPSA) is 97.6 Å². The molecule has 3 aromatic heterocycles. The van der Waals surface area contributed by atoms with Gasteiger partial charge in [-0.05, 0) is 76.8 Å². The molecule has 1 aliphatic heterocycles. The lowest BCUT2D eigenvalue weighted by Gasteiger charge is -2.40. The Kier molecular flexibility index (Phi) is 8.66. The Balaban J connectivity index is 1.23. The van der Waals surface area contributed by atoms with Gasteiger partial charge in [-0.25, -0.2) is 9.78 Å². The summed E-state index contributed by atoms with van der Waals surface area (Å²) in [5, 5.41) is 11.7. The van der Waals surface area contributed by atoms with Crippen LogP contribution in [-0.2, 0) is 19.4 Å². The zero-order chi connectivity index (χ0) is 32.0. The van der Waals surface area contributed by atoms with Crippen molar-refractivity contribution in [3.63, 3.8) is 0 Å². The van der Waals surface area contributed by atoms with Gasteiger partial charge in [-0.1, -0.05) is 11.6 Å². The first kappa shape index (κ1) is 31.5. The Labute approximate surface area is 266 Å². The van der Waals surface area contributed by atoms with E-state index < -0.39 is 18.1 Å². The van der Waals surface area contributed by atoms with Crippen LogP contribution in [0.4, 0.5) is 13.2 Å². The van der Waals surface area contributed by atoms with Gasteiger partial charge in [-0.15, -0.1) is 11.3 Å². The molecule has 1 aliphatic carbocycles. The molecule has 0 amide bonds. The maximum atomic E-state index is 13.7. The number of pyridine rings is 1. The maximum absolute atomic E-state index is 13.7. The monoisotopic (exact) mass is 660 g/mol. The van der Waals surface area contributed by atoms with Crippen molar-refractivity contribution < 1.29 is 27.8 Å². The minimum atomic E-state index is -4.21. The number of carboxylic acid groups (broad SMARTS) is 1. The van der Waals surface area contributed by atoms with E-state index in [-0.39, 0.29) is 43.3 Å². The zero-order valence-corrected chi connectivity index (χ0v) is 26.4. The molecule has 6 rings (SSSR count). The lowest BCUT2D eigenvalue weighted by Crippen LogP contribution is -2.49. The summed E-state index contributed by atoms with van der Waals surface area (Å²) in [6, 6.07) is 6.93. The number of aromatic carboxylic acids is 1. The van der Waals surface area contributed by atoms with Crippen molar-refractivity contribution >= 4 is 39.1 Å². The highest BCUT2D eigenvalue weighted by Gasteiger charge is 2.43. The number of hydrogen-bond acceptors (Lipinski definition) is 7. The van der Waals surface area contributed by atoms with E-state index in [1.807, 2.05) is 11.0 Å². The number of hydrogen-bond donors (Lipinski definition) is 1. The van der Waals surface area contributed by atoms with Crippen LogP contribution in [0.2, 0.25) is 5.02 Å². The largest absolute Gasteiger partial charge is 0.491 e. The van der Waals surface area contributed by atoms with Gasteiger partial charge in [0.1, 0.15) is 18.2 Å². The molecule has 13 heteroatoms. The molecule has 45 heavy (non-hydrogen) atoms. The molecule has 1 fully saturated rings. The number of alkyl halides is 3.